The van der Waals surface area contributed by atoms with Crippen molar-refractivity contribution in [3.8, 4) is 17.1 Å². The van der Waals surface area contributed by atoms with E-state index in [9.17, 15) is 9.18 Å². The zero-order chi connectivity index (χ0) is 22.8. The maximum Gasteiger partial charge on any atom is 0.233 e. The molecule has 1 amide bonds. The van der Waals surface area contributed by atoms with Crippen LogP contribution >= 0.6 is 0 Å². The number of nitrogens with one attached hydrogen (secondary N) is 1. The number of primary amides is 1. The molecule has 1 aromatic carbocycles. The second-order valence-electron chi connectivity index (χ2n) is 8.07. The van der Waals surface area contributed by atoms with Crippen LogP contribution < -0.4 is 10.5 Å². The molecule has 0 aliphatic heterocycles. The van der Waals surface area contributed by atoms with Crippen molar-refractivity contribution < 1.29 is 13.9 Å². The van der Waals surface area contributed by atoms with E-state index in [0.29, 0.717) is 23.6 Å². The van der Waals surface area contributed by atoms with E-state index in [4.69, 9.17) is 10.5 Å². The number of amides is 1. The van der Waals surface area contributed by atoms with Crippen LogP contribution in [0.15, 0.2) is 61.1 Å². The highest BCUT2D eigenvalue weighted by Crippen LogP contribution is 2.34. The molecule has 5 rings (SSSR count). The predicted octanol–water partition coefficient (Wildman–Crippen LogP) is 4.41. The van der Waals surface area contributed by atoms with E-state index >= 15 is 0 Å². The lowest BCUT2D eigenvalue weighted by atomic mass is 9.88. The Kier molecular flexibility index (Phi) is 5.56. The van der Waals surface area contributed by atoms with Crippen LogP contribution in [-0.2, 0) is 11.4 Å². The second kappa shape index (κ2) is 8.82. The second-order valence-corrected chi connectivity index (χ2v) is 8.07. The molecule has 3 heterocycles. The van der Waals surface area contributed by atoms with E-state index in [1.165, 1.54) is 18.3 Å². The highest BCUT2D eigenvalue weighted by atomic mass is 19.1. The normalized spacial score (nSPS) is 15.9. The van der Waals surface area contributed by atoms with Crippen molar-refractivity contribution in [1.29, 1.82) is 0 Å². The van der Waals surface area contributed by atoms with Gasteiger partial charge in [-0.25, -0.2) is 14.4 Å². The Hall–Kier alpha value is -4.07. The number of nitrogens with zero attached hydrogens (tertiary/aromatic N) is 3. The fourth-order valence-corrected chi connectivity index (χ4v) is 4.09. The molecule has 166 valence electrons. The van der Waals surface area contributed by atoms with Crippen LogP contribution in [0.5, 0.6) is 5.88 Å². The van der Waals surface area contributed by atoms with Gasteiger partial charge in [-0.3, -0.25) is 9.78 Å². The molecule has 7 nitrogen and oxygen atoms in total. The molecule has 1 unspecified atom stereocenters. The smallest absolute Gasteiger partial charge is 0.233 e. The molecule has 0 saturated carbocycles. The Morgan fingerprint density at radius 2 is 2.15 bits per heavy atom. The molecule has 8 heteroatoms. The number of carbonyl (C=O) groups is 1. The first-order valence-corrected chi connectivity index (χ1v) is 10.7. The van der Waals surface area contributed by atoms with Gasteiger partial charge < -0.3 is 15.5 Å². The number of pyridine rings is 1. The fraction of sp³-hybridized carbons (Fsp3) is 0.200. The van der Waals surface area contributed by atoms with Gasteiger partial charge in [-0.2, -0.15) is 0 Å². The number of benzene rings is 1. The summed E-state index contributed by atoms with van der Waals surface area (Å²) in [5, 5.41) is 0.919. The third kappa shape index (κ3) is 4.45. The predicted molar refractivity (Wildman–Crippen MR) is 122 cm³/mol. The summed E-state index contributed by atoms with van der Waals surface area (Å²) in [5.74, 6) is -0.303. The number of ether oxygens (including phenoxy) is 1. The van der Waals surface area contributed by atoms with Crippen molar-refractivity contribution in [1.82, 2.24) is 19.9 Å². The van der Waals surface area contributed by atoms with Gasteiger partial charge >= 0.3 is 0 Å². The van der Waals surface area contributed by atoms with Gasteiger partial charge in [0.25, 0.3) is 0 Å². The summed E-state index contributed by atoms with van der Waals surface area (Å²) in [6, 6.07) is 10.2. The first kappa shape index (κ1) is 20.8. The highest BCUT2D eigenvalue weighted by Gasteiger charge is 2.21. The van der Waals surface area contributed by atoms with Gasteiger partial charge in [-0.15, -0.1) is 0 Å². The molecule has 33 heavy (non-hydrogen) atoms. The third-order valence-electron chi connectivity index (χ3n) is 5.86. The van der Waals surface area contributed by atoms with Gasteiger partial charge in [0.15, 0.2) is 0 Å². The van der Waals surface area contributed by atoms with Gasteiger partial charge in [0.2, 0.25) is 11.8 Å². The zero-order valence-electron chi connectivity index (χ0n) is 17.8. The van der Waals surface area contributed by atoms with E-state index < -0.39 is 0 Å². The average molecular weight is 443 g/mol. The number of fused-ring (bicyclic) bond motifs is 1. The van der Waals surface area contributed by atoms with Crippen LogP contribution in [0.25, 0.3) is 27.9 Å². The number of aromatic nitrogens is 4. The quantitative estimate of drug-likeness (QED) is 0.459. The number of nitrogens with two attached hydrogens (primary N) is 1. The Labute approximate surface area is 189 Å². The molecular formula is C25H22FN5O2. The molecule has 4 aromatic rings. The van der Waals surface area contributed by atoms with Crippen LogP contribution in [0.4, 0.5) is 4.39 Å². The Morgan fingerprint density at radius 1 is 1.24 bits per heavy atom. The van der Waals surface area contributed by atoms with Gasteiger partial charge in [-0.1, -0.05) is 18.2 Å². The van der Waals surface area contributed by atoms with E-state index in [2.05, 4.69) is 32.1 Å². The molecule has 1 aliphatic carbocycles. The number of H-pyrrole nitrogens is 1. The molecule has 0 saturated heterocycles. The van der Waals surface area contributed by atoms with Crippen LogP contribution in [0.1, 0.15) is 30.5 Å². The van der Waals surface area contributed by atoms with E-state index in [-0.39, 0.29) is 24.2 Å². The maximum absolute atomic E-state index is 13.4. The van der Waals surface area contributed by atoms with Gasteiger partial charge in [0, 0.05) is 28.8 Å². The summed E-state index contributed by atoms with van der Waals surface area (Å²) in [4.78, 5) is 28.1. The van der Waals surface area contributed by atoms with Gasteiger partial charge in [0.05, 0.1) is 18.1 Å². The first-order valence-electron chi connectivity index (χ1n) is 10.7. The zero-order valence-corrected chi connectivity index (χ0v) is 17.8. The summed E-state index contributed by atoms with van der Waals surface area (Å²) >= 11 is 0. The lowest BCUT2D eigenvalue weighted by molar-refractivity contribution is -0.121. The fourth-order valence-electron chi connectivity index (χ4n) is 4.09. The molecule has 0 radical (unpaired) electrons. The Bertz CT molecular complexity index is 1360. The standard InChI is InChI=1S/C25H22FN5O2/c26-18-3-1-2-15(10-18)14-33-23-13-28-12-22(30-23)19-8-9-29-25-20(19)11-21(31-25)16-4-6-17(7-5-16)24(27)32/h1-4,8-13,17H,5-7,14H2,(H2,27,32)(H,29,31). The topological polar surface area (TPSA) is 107 Å². The Morgan fingerprint density at radius 3 is 2.94 bits per heavy atom. The minimum absolute atomic E-state index is 0.0998. The lowest BCUT2D eigenvalue weighted by Crippen LogP contribution is -2.24. The number of allylic oxidation sites excluding steroid dienone is 2. The minimum atomic E-state index is -0.309. The van der Waals surface area contributed by atoms with E-state index in [1.54, 1.807) is 24.5 Å². The lowest BCUT2D eigenvalue weighted by Gasteiger charge is -2.18. The summed E-state index contributed by atoms with van der Waals surface area (Å²) in [6.45, 7) is 0.191. The summed E-state index contributed by atoms with van der Waals surface area (Å²) < 4.78 is 19.1. The van der Waals surface area contributed by atoms with Crippen molar-refractivity contribution in [3.63, 3.8) is 0 Å². The van der Waals surface area contributed by atoms with Crippen molar-refractivity contribution in [2.24, 2.45) is 11.7 Å². The molecule has 3 aromatic heterocycles. The van der Waals surface area contributed by atoms with Crippen molar-refractivity contribution in [2.45, 2.75) is 25.9 Å². The maximum atomic E-state index is 13.4. The van der Waals surface area contributed by atoms with Crippen LogP contribution in [0.3, 0.4) is 0 Å². The molecule has 0 bridgehead atoms. The largest absolute Gasteiger partial charge is 0.472 e. The van der Waals surface area contributed by atoms with E-state index in [0.717, 1.165) is 40.7 Å². The minimum Gasteiger partial charge on any atom is -0.472 e. The van der Waals surface area contributed by atoms with Gasteiger partial charge in [-0.05, 0) is 54.7 Å². The number of hydrogen-bond acceptors (Lipinski definition) is 5. The first-order chi connectivity index (χ1) is 16.1. The van der Waals surface area contributed by atoms with Crippen LogP contribution in [0.2, 0.25) is 0 Å². The third-order valence-corrected chi connectivity index (χ3v) is 5.86. The number of halogens is 1. The Balaban J connectivity index is 1.41. The van der Waals surface area contributed by atoms with E-state index in [1.807, 2.05) is 6.07 Å². The average Bonchev–Trinajstić information content (AvgIpc) is 3.28. The monoisotopic (exact) mass is 443 g/mol. The SMILES string of the molecule is NC(=O)C1CC=C(c2cc3c(-c4cncc(OCc5cccc(F)c5)n4)ccnc3[nH]2)CC1. The molecule has 0 fully saturated rings. The molecule has 3 N–H and O–H groups in total. The number of rotatable bonds is 6. The molecule has 0 spiro atoms. The van der Waals surface area contributed by atoms with Crippen molar-refractivity contribution in [3.05, 3.63) is 78.1 Å². The number of aromatic amines is 1. The van der Waals surface area contributed by atoms with Crippen LogP contribution in [0, 0.1) is 11.7 Å². The molecular weight excluding hydrogens is 421 g/mol. The summed E-state index contributed by atoms with van der Waals surface area (Å²) in [6.07, 6.45) is 9.17. The van der Waals surface area contributed by atoms with Crippen LogP contribution in [-0.4, -0.2) is 25.8 Å². The van der Waals surface area contributed by atoms with Gasteiger partial charge in [0.1, 0.15) is 18.1 Å². The number of carbonyl (C=O) groups excluding carboxylic acids is 1. The number of hydrogen-bond donors (Lipinski definition) is 2. The van der Waals surface area contributed by atoms with Crippen molar-refractivity contribution >= 4 is 22.5 Å². The van der Waals surface area contributed by atoms with Crippen molar-refractivity contribution in [2.75, 3.05) is 0 Å². The summed E-state index contributed by atoms with van der Waals surface area (Å²) in [5.41, 5.74) is 10.5. The molecule has 1 aliphatic rings. The highest BCUT2D eigenvalue weighted by molar-refractivity contribution is 5.94. The molecule has 1 atom stereocenters. The summed E-state index contributed by atoms with van der Waals surface area (Å²) in [7, 11) is 0.